The van der Waals surface area contributed by atoms with Crippen LogP contribution in [0.2, 0.25) is 0 Å². The van der Waals surface area contributed by atoms with Gasteiger partial charge in [0.2, 0.25) is 0 Å². The predicted molar refractivity (Wildman–Crippen MR) is 61.3 cm³/mol. The maximum absolute atomic E-state index is 11.6. The number of carbonyl (C=O) groups excluding carboxylic acids is 1. The van der Waals surface area contributed by atoms with Crippen molar-refractivity contribution in [3.05, 3.63) is 30.1 Å². The molecule has 16 heavy (non-hydrogen) atoms. The average Bonchev–Trinajstić information content (AvgIpc) is 2.67. The first-order chi connectivity index (χ1) is 7.72. The van der Waals surface area contributed by atoms with Gasteiger partial charge in [0, 0.05) is 7.05 Å². The summed E-state index contributed by atoms with van der Waals surface area (Å²) in [4.78, 5) is 15.8. The summed E-state index contributed by atoms with van der Waals surface area (Å²) in [5.41, 5.74) is 2.39. The van der Waals surface area contributed by atoms with Crippen molar-refractivity contribution in [1.82, 2.24) is 9.55 Å². The van der Waals surface area contributed by atoms with E-state index >= 15 is 0 Å². The molecule has 0 spiro atoms. The van der Waals surface area contributed by atoms with E-state index in [0.717, 1.165) is 17.5 Å². The second-order valence-corrected chi connectivity index (χ2v) is 3.69. The van der Waals surface area contributed by atoms with E-state index in [1.807, 2.05) is 24.6 Å². The van der Waals surface area contributed by atoms with Gasteiger partial charge in [-0.25, -0.2) is 9.78 Å². The van der Waals surface area contributed by atoms with Gasteiger partial charge in [-0.15, -0.1) is 0 Å². The molecule has 0 aliphatic heterocycles. The van der Waals surface area contributed by atoms with Crippen LogP contribution in [0, 0.1) is 0 Å². The first-order valence-corrected chi connectivity index (χ1v) is 5.30. The lowest BCUT2D eigenvalue weighted by molar-refractivity contribution is 0.0505. The third-order valence-electron chi connectivity index (χ3n) is 2.40. The summed E-state index contributed by atoms with van der Waals surface area (Å²) in [5.74, 6) is -0.273. The third kappa shape index (κ3) is 1.91. The van der Waals surface area contributed by atoms with E-state index in [1.165, 1.54) is 0 Å². The number of fused-ring (bicyclic) bond motifs is 1. The molecule has 1 aromatic carbocycles. The molecule has 0 saturated heterocycles. The van der Waals surface area contributed by atoms with Crippen LogP contribution >= 0.6 is 0 Å². The molecule has 0 aliphatic carbocycles. The quantitative estimate of drug-likeness (QED) is 0.741. The van der Waals surface area contributed by atoms with Crippen LogP contribution in [0.5, 0.6) is 0 Å². The van der Waals surface area contributed by atoms with Gasteiger partial charge >= 0.3 is 5.97 Å². The molecule has 1 heterocycles. The molecule has 1 aromatic heterocycles. The van der Waals surface area contributed by atoms with E-state index in [0.29, 0.717) is 12.2 Å². The van der Waals surface area contributed by atoms with Gasteiger partial charge in [-0.05, 0) is 24.6 Å². The van der Waals surface area contributed by atoms with Crippen LogP contribution in [0.25, 0.3) is 11.0 Å². The Balaban J connectivity index is 2.31. The van der Waals surface area contributed by atoms with Crippen LogP contribution in [0.3, 0.4) is 0 Å². The highest BCUT2D eigenvalue weighted by Gasteiger charge is 2.09. The van der Waals surface area contributed by atoms with Crippen LogP contribution < -0.4 is 0 Å². The number of carbonyl (C=O) groups is 1. The minimum absolute atomic E-state index is 0.273. The minimum atomic E-state index is -0.273. The van der Waals surface area contributed by atoms with E-state index in [-0.39, 0.29) is 5.97 Å². The largest absolute Gasteiger partial charge is 0.462 e. The molecule has 4 heteroatoms. The average molecular weight is 218 g/mol. The number of rotatable bonds is 3. The predicted octanol–water partition coefficient (Wildman–Crippen LogP) is 2.14. The first-order valence-electron chi connectivity index (χ1n) is 5.30. The molecule has 0 amide bonds. The molecule has 0 fully saturated rings. The third-order valence-corrected chi connectivity index (χ3v) is 2.40. The normalized spacial score (nSPS) is 10.6. The topological polar surface area (TPSA) is 44.1 Å². The van der Waals surface area contributed by atoms with Crippen molar-refractivity contribution < 1.29 is 9.53 Å². The fourth-order valence-corrected chi connectivity index (χ4v) is 1.53. The number of aryl methyl sites for hydroxylation is 1. The molecule has 0 aliphatic rings. The van der Waals surface area contributed by atoms with E-state index in [4.69, 9.17) is 4.74 Å². The summed E-state index contributed by atoms with van der Waals surface area (Å²) in [6.07, 6.45) is 2.56. The Morgan fingerprint density at radius 3 is 3.06 bits per heavy atom. The van der Waals surface area contributed by atoms with E-state index < -0.39 is 0 Å². The molecule has 2 rings (SSSR count). The van der Waals surface area contributed by atoms with Crippen molar-refractivity contribution in [3.63, 3.8) is 0 Å². The SMILES string of the molecule is CCCOC(=O)c1ccc2ncn(C)c2c1. The maximum Gasteiger partial charge on any atom is 0.338 e. The van der Waals surface area contributed by atoms with Crippen LogP contribution in [0.4, 0.5) is 0 Å². The van der Waals surface area contributed by atoms with E-state index in [9.17, 15) is 4.79 Å². The Bertz CT molecular complexity index is 517. The zero-order valence-corrected chi connectivity index (χ0v) is 9.43. The van der Waals surface area contributed by atoms with Gasteiger partial charge in [0.1, 0.15) is 0 Å². The van der Waals surface area contributed by atoms with Crippen molar-refractivity contribution in [1.29, 1.82) is 0 Å². The molecule has 0 radical (unpaired) electrons. The minimum Gasteiger partial charge on any atom is -0.462 e. The number of esters is 1. The number of aromatic nitrogens is 2. The number of imidazole rings is 1. The summed E-state index contributed by atoms with van der Waals surface area (Å²) >= 11 is 0. The molecule has 2 aromatic rings. The summed E-state index contributed by atoms with van der Waals surface area (Å²) < 4.78 is 6.95. The lowest BCUT2D eigenvalue weighted by Crippen LogP contribution is -2.05. The molecule has 0 saturated carbocycles. The molecule has 0 atom stereocenters. The van der Waals surface area contributed by atoms with Gasteiger partial charge in [0.05, 0.1) is 29.5 Å². The van der Waals surface area contributed by atoms with Crippen molar-refractivity contribution in [2.75, 3.05) is 6.61 Å². The lowest BCUT2D eigenvalue weighted by atomic mass is 10.2. The fraction of sp³-hybridized carbons (Fsp3) is 0.333. The molecular weight excluding hydrogens is 204 g/mol. The van der Waals surface area contributed by atoms with Crippen molar-refractivity contribution in [2.45, 2.75) is 13.3 Å². The monoisotopic (exact) mass is 218 g/mol. The summed E-state index contributed by atoms with van der Waals surface area (Å²) in [6.45, 7) is 2.43. The fourth-order valence-electron chi connectivity index (χ4n) is 1.53. The first kappa shape index (κ1) is 10.7. The highest BCUT2D eigenvalue weighted by atomic mass is 16.5. The Labute approximate surface area is 93.9 Å². The van der Waals surface area contributed by atoms with Crippen LogP contribution in [-0.2, 0) is 11.8 Å². The van der Waals surface area contributed by atoms with Gasteiger partial charge in [-0.3, -0.25) is 0 Å². The number of ether oxygens (including phenoxy) is 1. The van der Waals surface area contributed by atoms with Gasteiger partial charge in [0.15, 0.2) is 0 Å². The molecule has 0 unspecified atom stereocenters. The number of nitrogens with zero attached hydrogens (tertiary/aromatic N) is 2. The lowest BCUT2D eigenvalue weighted by Gasteiger charge is -2.03. The van der Waals surface area contributed by atoms with E-state index in [2.05, 4.69) is 4.98 Å². The molecular formula is C12H14N2O2. The highest BCUT2D eigenvalue weighted by molar-refractivity contribution is 5.93. The Hall–Kier alpha value is -1.84. The second kappa shape index (κ2) is 4.35. The van der Waals surface area contributed by atoms with Gasteiger partial charge < -0.3 is 9.30 Å². The zero-order chi connectivity index (χ0) is 11.5. The van der Waals surface area contributed by atoms with Crippen LogP contribution in [0.15, 0.2) is 24.5 Å². The molecule has 0 N–H and O–H groups in total. The van der Waals surface area contributed by atoms with Crippen LogP contribution in [0.1, 0.15) is 23.7 Å². The van der Waals surface area contributed by atoms with Gasteiger partial charge in [-0.2, -0.15) is 0 Å². The Morgan fingerprint density at radius 1 is 1.50 bits per heavy atom. The molecule has 0 bridgehead atoms. The number of hydrogen-bond donors (Lipinski definition) is 0. The second-order valence-electron chi connectivity index (χ2n) is 3.69. The van der Waals surface area contributed by atoms with Crippen molar-refractivity contribution in [2.24, 2.45) is 7.05 Å². The van der Waals surface area contributed by atoms with Crippen molar-refractivity contribution >= 4 is 17.0 Å². The zero-order valence-electron chi connectivity index (χ0n) is 9.43. The standard InChI is InChI=1S/C12H14N2O2/c1-3-6-16-12(15)9-4-5-10-11(7-9)14(2)8-13-10/h4-5,7-8H,3,6H2,1-2H3. The Kier molecular flexibility index (Phi) is 2.90. The van der Waals surface area contributed by atoms with E-state index in [1.54, 1.807) is 18.5 Å². The summed E-state index contributed by atoms with van der Waals surface area (Å²) in [7, 11) is 1.90. The van der Waals surface area contributed by atoms with Crippen molar-refractivity contribution in [3.8, 4) is 0 Å². The summed E-state index contributed by atoms with van der Waals surface area (Å²) in [5, 5.41) is 0. The number of benzene rings is 1. The molecule has 84 valence electrons. The van der Waals surface area contributed by atoms with Gasteiger partial charge in [-0.1, -0.05) is 6.92 Å². The molecule has 4 nitrogen and oxygen atoms in total. The highest BCUT2D eigenvalue weighted by Crippen LogP contribution is 2.14. The summed E-state index contributed by atoms with van der Waals surface area (Å²) in [6, 6.07) is 5.38. The smallest absolute Gasteiger partial charge is 0.338 e. The maximum atomic E-state index is 11.6. The Morgan fingerprint density at radius 2 is 2.31 bits per heavy atom. The number of hydrogen-bond acceptors (Lipinski definition) is 3. The van der Waals surface area contributed by atoms with Crippen LogP contribution in [-0.4, -0.2) is 22.1 Å². The van der Waals surface area contributed by atoms with Gasteiger partial charge in [0.25, 0.3) is 0 Å².